The number of aromatic nitrogens is 3. The van der Waals surface area contributed by atoms with Gasteiger partial charge in [0, 0.05) is 31.5 Å². The number of rotatable bonds is 6. The smallest absolute Gasteiger partial charge is 0.270 e. The summed E-state index contributed by atoms with van der Waals surface area (Å²) in [6.45, 7) is 2.16. The van der Waals surface area contributed by atoms with Gasteiger partial charge in [0.15, 0.2) is 0 Å². The quantitative estimate of drug-likeness (QED) is 0.684. The van der Waals surface area contributed by atoms with E-state index in [9.17, 15) is 14.0 Å². The average molecular weight is 379 g/mol. The van der Waals surface area contributed by atoms with Crippen LogP contribution in [-0.4, -0.2) is 26.8 Å². The van der Waals surface area contributed by atoms with Crippen LogP contribution in [0.15, 0.2) is 55.1 Å². The molecule has 0 atom stereocenters. The standard InChI is InChI=1S/C20H18FN5O2/c1-13-7-14(4-5-16(13)21)10-23-19(27)17-8-18(26-12-25-17)20(28)24-11-15-3-2-6-22-9-15/h2-9,12H,10-11H2,1H3,(H,23,27)(H,24,28). The van der Waals surface area contributed by atoms with E-state index in [-0.39, 0.29) is 23.7 Å². The van der Waals surface area contributed by atoms with Crippen LogP contribution in [0, 0.1) is 12.7 Å². The highest BCUT2D eigenvalue weighted by Crippen LogP contribution is 2.09. The van der Waals surface area contributed by atoms with E-state index < -0.39 is 11.8 Å². The molecule has 7 nitrogen and oxygen atoms in total. The molecule has 0 saturated carbocycles. The Hall–Kier alpha value is -3.68. The molecule has 0 aliphatic carbocycles. The van der Waals surface area contributed by atoms with Gasteiger partial charge in [-0.05, 0) is 35.7 Å². The number of halogens is 1. The molecular formula is C20H18FN5O2. The van der Waals surface area contributed by atoms with Crippen molar-refractivity contribution in [2.75, 3.05) is 0 Å². The molecule has 0 unspecified atom stereocenters. The van der Waals surface area contributed by atoms with Crippen molar-refractivity contribution in [2.45, 2.75) is 20.0 Å². The molecule has 0 radical (unpaired) electrons. The average Bonchev–Trinajstić information content (AvgIpc) is 2.73. The third-order valence-corrected chi connectivity index (χ3v) is 3.98. The highest BCUT2D eigenvalue weighted by atomic mass is 19.1. The number of carbonyl (C=O) groups is 2. The lowest BCUT2D eigenvalue weighted by atomic mass is 10.1. The van der Waals surface area contributed by atoms with E-state index >= 15 is 0 Å². The van der Waals surface area contributed by atoms with Gasteiger partial charge in [-0.3, -0.25) is 14.6 Å². The van der Waals surface area contributed by atoms with Crippen molar-refractivity contribution in [1.82, 2.24) is 25.6 Å². The van der Waals surface area contributed by atoms with Crippen LogP contribution in [0.2, 0.25) is 0 Å². The summed E-state index contributed by atoms with van der Waals surface area (Å²) in [6, 6.07) is 9.55. The Morgan fingerprint density at radius 1 is 0.964 bits per heavy atom. The molecule has 2 amide bonds. The van der Waals surface area contributed by atoms with E-state index in [2.05, 4.69) is 25.6 Å². The summed E-state index contributed by atoms with van der Waals surface area (Å²) >= 11 is 0. The second-order valence-corrected chi connectivity index (χ2v) is 6.10. The number of aryl methyl sites for hydroxylation is 1. The third kappa shape index (κ3) is 4.94. The molecule has 0 bridgehead atoms. The number of hydrogen-bond acceptors (Lipinski definition) is 5. The first kappa shape index (κ1) is 19.1. The molecule has 8 heteroatoms. The molecule has 28 heavy (non-hydrogen) atoms. The highest BCUT2D eigenvalue weighted by molar-refractivity contribution is 5.97. The van der Waals surface area contributed by atoms with Crippen LogP contribution in [0.1, 0.15) is 37.7 Å². The maximum Gasteiger partial charge on any atom is 0.270 e. The van der Waals surface area contributed by atoms with Gasteiger partial charge < -0.3 is 10.6 Å². The third-order valence-electron chi connectivity index (χ3n) is 3.98. The Bertz CT molecular complexity index is 995. The summed E-state index contributed by atoms with van der Waals surface area (Å²) in [6.07, 6.45) is 4.46. The molecule has 0 aliphatic heterocycles. The molecule has 0 saturated heterocycles. The minimum absolute atomic E-state index is 0.0698. The molecular weight excluding hydrogens is 361 g/mol. The lowest BCUT2D eigenvalue weighted by molar-refractivity contribution is 0.0944. The normalized spacial score (nSPS) is 10.4. The lowest BCUT2D eigenvalue weighted by Crippen LogP contribution is -2.27. The van der Waals surface area contributed by atoms with Crippen LogP contribution in [0.5, 0.6) is 0 Å². The predicted octanol–water partition coefficient (Wildman–Crippen LogP) is 2.18. The minimum atomic E-state index is -0.453. The van der Waals surface area contributed by atoms with Gasteiger partial charge in [-0.15, -0.1) is 0 Å². The van der Waals surface area contributed by atoms with Crippen molar-refractivity contribution in [3.63, 3.8) is 0 Å². The lowest BCUT2D eigenvalue weighted by Gasteiger charge is -2.08. The van der Waals surface area contributed by atoms with E-state index in [4.69, 9.17) is 0 Å². The zero-order valence-electron chi connectivity index (χ0n) is 15.1. The summed E-state index contributed by atoms with van der Waals surface area (Å²) in [4.78, 5) is 36.4. The summed E-state index contributed by atoms with van der Waals surface area (Å²) in [5.41, 5.74) is 2.26. The van der Waals surface area contributed by atoms with Gasteiger partial charge in [-0.1, -0.05) is 18.2 Å². The predicted molar refractivity (Wildman–Crippen MR) is 99.7 cm³/mol. The van der Waals surface area contributed by atoms with Gasteiger partial charge in [-0.25, -0.2) is 14.4 Å². The Kier molecular flexibility index (Phi) is 6.01. The molecule has 0 aliphatic rings. The topological polar surface area (TPSA) is 96.9 Å². The monoisotopic (exact) mass is 379 g/mol. The number of pyridine rings is 1. The van der Waals surface area contributed by atoms with Crippen molar-refractivity contribution in [2.24, 2.45) is 0 Å². The van der Waals surface area contributed by atoms with Crippen molar-refractivity contribution in [3.05, 3.63) is 89.0 Å². The fraction of sp³-hybridized carbons (Fsp3) is 0.150. The summed E-state index contributed by atoms with van der Waals surface area (Å²) in [7, 11) is 0. The zero-order chi connectivity index (χ0) is 19.9. The zero-order valence-corrected chi connectivity index (χ0v) is 15.1. The summed E-state index contributed by atoms with van der Waals surface area (Å²) < 4.78 is 13.3. The number of amides is 2. The number of hydrogen-bond donors (Lipinski definition) is 2. The van der Waals surface area contributed by atoms with Crippen LogP contribution in [-0.2, 0) is 13.1 Å². The van der Waals surface area contributed by atoms with Gasteiger partial charge in [-0.2, -0.15) is 0 Å². The molecule has 3 aromatic rings. The minimum Gasteiger partial charge on any atom is -0.347 e. The summed E-state index contributed by atoms with van der Waals surface area (Å²) in [5, 5.41) is 5.41. The number of nitrogens with zero attached hydrogens (tertiary/aromatic N) is 3. The molecule has 0 fully saturated rings. The van der Waals surface area contributed by atoms with Crippen molar-refractivity contribution >= 4 is 11.8 Å². The molecule has 1 aromatic carbocycles. The number of carbonyl (C=O) groups excluding carboxylic acids is 2. The van der Waals surface area contributed by atoms with Crippen LogP contribution >= 0.6 is 0 Å². The summed E-state index contributed by atoms with van der Waals surface area (Å²) in [5.74, 6) is -1.17. The van der Waals surface area contributed by atoms with Gasteiger partial charge in [0.25, 0.3) is 11.8 Å². The number of benzene rings is 1. The Morgan fingerprint density at radius 3 is 2.25 bits per heavy atom. The Labute approximate surface area is 161 Å². The largest absolute Gasteiger partial charge is 0.347 e. The number of nitrogens with one attached hydrogen (secondary N) is 2. The first-order valence-corrected chi connectivity index (χ1v) is 8.55. The van der Waals surface area contributed by atoms with E-state index in [0.29, 0.717) is 12.1 Å². The van der Waals surface area contributed by atoms with E-state index in [1.807, 2.05) is 6.07 Å². The van der Waals surface area contributed by atoms with Crippen LogP contribution in [0.3, 0.4) is 0 Å². The van der Waals surface area contributed by atoms with Crippen molar-refractivity contribution in [1.29, 1.82) is 0 Å². The molecule has 3 rings (SSSR count). The van der Waals surface area contributed by atoms with Gasteiger partial charge in [0.05, 0.1) is 0 Å². The first-order valence-electron chi connectivity index (χ1n) is 8.55. The molecule has 0 spiro atoms. The SMILES string of the molecule is Cc1cc(CNC(=O)c2cc(C(=O)NCc3cccnc3)ncn2)ccc1F. The first-order chi connectivity index (χ1) is 13.5. The maximum absolute atomic E-state index is 13.3. The highest BCUT2D eigenvalue weighted by Gasteiger charge is 2.13. The van der Waals surface area contributed by atoms with E-state index in [1.54, 1.807) is 37.5 Å². The molecule has 2 aromatic heterocycles. The van der Waals surface area contributed by atoms with Crippen LogP contribution < -0.4 is 10.6 Å². The van der Waals surface area contributed by atoms with E-state index in [1.165, 1.54) is 12.1 Å². The second-order valence-electron chi connectivity index (χ2n) is 6.10. The second kappa shape index (κ2) is 8.81. The van der Waals surface area contributed by atoms with Crippen LogP contribution in [0.25, 0.3) is 0 Å². The van der Waals surface area contributed by atoms with Crippen LogP contribution in [0.4, 0.5) is 4.39 Å². The molecule has 2 heterocycles. The van der Waals surface area contributed by atoms with E-state index in [0.717, 1.165) is 17.5 Å². The Balaban J connectivity index is 1.60. The van der Waals surface area contributed by atoms with Crippen molar-refractivity contribution < 1.29 is 14.0 Å². The van der Waals surface area contributed by atoms with Gasteiger partial charge >= 0.3 is 0 Å². The van der Waals surface area contributed by atoms with Gasteiger partial charge in [0.2, 0.25) is 0 Å². The molecule has 2 N–H and O–H groups in total. The fourth-order valence-corrected chi connectivity index (χ4v) is 2.47. The molecule has 142 valence electrons. The maximum atomic E-state index is 13.3. The fourth-order valence-electron chi connectivity index (χ4n) is 2.47. The van der Waals surface area contributed by atoms with Crippen molar-refractivity contribution in [3.8, 4) is 0 Å². The Morgan fingerprint density at radius 2 is 1.64 bits per heavy atom. The van der Waals surface area contributed by atoms with Gasteiger partial charge in [0.1, 0.15) is 23.5 Å².